The van der Waals surface area contributed by atoms with Crippen molar-refractivity contribution in [3.63, 3.8) is 0 Å². The second-order valence-corrected chi connectivity index (χ2v) is 6.22. The molecule has 2 aromatic rings. The predicted molar refractivity (Wildman–Crippen MR) is 81.4 cm³/mol. The van der Waals surface area contributed by atoms with Crippen molar-refractivity contribution in [2.24, 2.45) is 0 Å². The average molecular weight is 339 g/mol. The summed E-state index contributed by atoms with van der Waals surface area (Å²) in [6.07, 6.45) is 2.20. The number of nitrogens with one attached hydrogen (secondary N) is 1. The Morgan fingerprint density at radius 2 is 2.37 bits per heavy atom. The maximum Gasteiger partial charge on any atom is 0.224 e. The van der Waals surface area contributed by atoms with Crippen LogP contribution in [-0.2, 0) is 11.2 Å². The molecular weight excluding hydrogens is 324 g/mol. The molecule has 0 radical (unpaired) electrons. The highest BCUT2D eigenvalue weighted by Crippen LogP contribution is 2.16. The van der Waals surface area contributed by atoms with Gasteiger partial charge in [0.1, 0.15) is 0 Å². The van der Waals surface area contributed by atoms with Gasteiger partial charge in [-0.3, -0.25) is 4.79 Å². The molecule has 1 aromatic carbocycles. The largest absolute Gasteiger partial charge is 0.355 e. The minimum atomic E-state index is 0.0431. The number of carbonyl (C=O) groups is 1. The van der Waals surface area contributed by atoms with Crippen molar-refractivity contribution in [2.45, 2.75) is 19.3 Å². The van der Waals surface area contributed by atoms with E-state index < -0.39 is 0 Å². The van der Waals surface area contributed by atoms with Crippen LogP contribution in [0.4, 0.5) is 0 Å². The Morgan fingerprint density at radius 3 is 3.05 bits per heavy atom. The van der Waals surface area contributed by atoms with E-state index in [0.717, 1.165) is 15.0 Å². The summed E-state index contributed by atoms with van der Waals surface area (Å²) in [5.41, 5.74) is 1.01. The van der Waals surface area contributed by atoms with Crippen molar-refractivity contribution in [1.82, 2.24) is 10.3 Å². The van der Waals surface area contributed by atoms with Crippen molar-refractivity contribution in [1.29, 1.82) is 0 Å². The molecule has 0 spiro atoms. The monoisotopic (exact) mass is 338 g/mol. The molecule has 0 fully saturated rings. The van der Waals surface area contributed by atoms with Crippen molar-refractivity contribution >= 4 is 33.2 Å². The number of carbonyl (C=O) groups excluding carboxylic acids is 1. The number of hydrogen-bond donors (Lipinski definition) is 1. The van der Waals surface area contributed by atoms with E-state index in [1.165, 1.54) is 0 Å². The fraction of sp³-hybridized carbons (Fsp3) is 0.286. The summed E-state index contributed by atoms with van der Waals surface area (Å²) in [4.78, 5) is 16.1. The zero-order valence-corrected chi connectivity index (χ0v) is 13.0. The average Bonchev–Trinajstić information content (AvgIpc) is 2.90. The number of aromatic nitrogens is 1. The molecule has 2 rings (SSSR count). The standard InChI is InChI=1S/C14H15BrN2OS/c1-10(14-16-5-6-19-14)9-17-13(18)8-11-3-2-4-12(15)7-11/h2-7,10H,8-9H2,1H3,(H,17,18)/t10-/m0/s1. The Morgan fingerprint density at radius 1 is 1.53 bits per heavy atom. The fourth-order valence-electron chi connectivity index (χ4n) is 1.73. The van der Waals surface area contributed by atoms with E-state index in [9.17, 15) is 4.79 Å². The topological polar surface area (TPSA) is 42.0 Å². The summed E-state index contributed by atoms with van der Waals surface area (Å²) in [6.45, 7) is 2.69. The van der Waals surface area contributed by atoms with Crippen LogP contribution in [0.5, 0.6) is 0 Å². The molecule has 100 valence electrons. The summed E-state index contributed by atoms with van der Waals surface area (Å²) in [5.74, 6) is 0.299. The van der Waals surface area contributed by atoms with Crippen LogP contribution in [0.15, 0.2) is 40.3 Å². The first-order valence-corrected chi connectivity index (χ1v) is 7.73. The van der Waals surface area contributed by atoms with Gasteiger partial charge in [-0.05, 0) is 17.7 Å². The lowest BCUT2D eigenvalue weighted by Crippen LogP contribution is -2.28. The Balaban J connectivity index is 1.82. The minimum absolute atomic E-state index is 0.0431. The van der Waals surface area contributed by atoms with Crippen LogP contribution in [0.25, 0.3) is 0 Å². The molecule has 1 amide bonds. The van der Waals surface area contributed by atoms with Gasteiger partial charge in [-0.15, -0.1) is 11.3 Å². The normalized spacial score (nSPS) is 12.1. The summed E-state index contributed by atoms with van der Waals surface area (Å²) in [5, 5.41) is 5.96. The second kappa shape index (κ2) is 6.82. The van der Waals surface area contributed by atoms with Crippen molar-refractivity contribution in [3.8, 4) is 0 Å². The highest BCUT2D eigenvalue weighted by atomic mass is 79.9. The zero-order chi connectivity index (χ0) is 13.7. The summed E-state index contributed by atoms with van der Waals surface area (Å²) < 4.78 is 0.994. The zero-order valence-electron chi connectivity index (χ0n) is 10.6. The van der Waals surface area contributed by atoms with E-state index in [0.29, 0.717) is 13.0 Å². The molecule has 5 heteroatoms. The van der Waals surface area contributed by atoms with E-state index in [4.69, 9.17) is 0 Å². The molecule has 0 unspecified atom stereocenters. The smallest absolute Gasteiger partial charge is 0.224 e. The molecule has 1 heterocycles. The Bertz CT molecular complexity index is 542. The molecule has 1 aromatic heterocycles. The Kier molecular flexibility index (Phi) is 5.10. The van der Waals surface area contributed by atoms with E-state index >= 15 is 0 Å². The maximum absolute atomic E-state index is 11.9. The van der Waals surface area contributed by atoms with Gasteiger partial charge in [0.05, 0.1) is 11.4 Å². The molecule has 0 saturated carbocycles. The highest BCUT2D eigenvalue weighted by Gasteiger charge is 2.10. The molecule has 0 bridgehead atoms. The van der Waals surface area contributed by atoms with Crippen LogP contribution in [0.1, 0.15) is 23.4 Å². The molecule has 3 nitrogen and oxygen atoms in total. The van der Waals surface area contributed by atoms with Gasteiger partial charge in [0.25, 0.3) is 0 Å². The van der Waals surface area contributed by atoms with E-state index in [1.54, 1.807) is 17.5 Å². The van der Waals surface area contributed by atoms with Crippen molar-refractivity contribution < 1.29 is 4.79 Å². The first-order valence-electron chi connectivity index (χ1n) is 6.05. The fourth-order valence-corrected chi connectivity index (χ4v) is 2.87. The first-order chi connectivity index (χ1) is 9.15. The van der Waals surface area contributed by atoms with Crippen molar-refractivity contribution in [2.75, 3.05) is 6.54 Å². The summed E-state index contributed by atoms with van der Waals surface area (Å²) >= 11 is 5.02. The lowest BCUT2D eigenvalue weighted by molar-refractivity contribution is -0.120. The molecular formula is C14H15BrN2OS. The van der Waals surface area contributed by atoms with E-state index in [-0.39, 0.29) is 11.8 Å². The minimum Gasteiger partial charge on any atom is -0.355 e. The highest BCUT2D eigenvalue weighted by molar-refractivity contribution is 9.10. The van der Waals surface area contributed by atoms with Crippen LogP contribution in [0.3, 0.4) is 0 Å². The van der Waals surface area contributed by atoms with E-state index in [2.05, 4.69) is 33.2 Å². The number of benzene rings is 1. The second-order valence-electron chi connectivity index (χ2n) is 4.38. The Hall–Kier alpha value is -1.20. The molecule has 0 aliphatic carbocycles. The number of rotatable bonds is 5. The van der Waals surface area contributed by atoms with Gasteiger partial charge in [0.15, 0.2) is 0 Å². The number of hydrogen-bond acceptors (Lipinski definition) is 3. The lowest BCUT2D eigenvalue weighted by Gasteiger charge is -2.10. The predicted octanol–water partition coefficient (Wildman–Crippen LogP) is 3.37. The van der Waals surface area contributed by atoms with Gasteiger partial charge in [0, 0.05) is 28.5 Å². The molecule has 0 aliphatic heterocycles. The van der Waals surface area contributed by atoms with Gasteiger partial charge in [-0.25, -0.2) is 4.98 Å². The third kappa shape index (κ3) is 4.44. The first kappa shape index (κ1) is 14.2. The number of thiazole rings is 1. The molecule has 0 saturated heterocycles. The quantitative estimate of drug-likeness (QED) is 0.908. The van der Waals surface area contributed by atoms with Gasteiger partial charge < -0.3 is 5.32 Å². The SMILES string of the molecule is C[C@@H](CNC(=O)Cc1cccc(Br)c1)c1nccs1. The number of amides is 1. The number of halogens is 1. The van der Waals surface area contributed by atoms with Crippen LogP contribution >= 0.6 is 27.3 Å². The number of nitrogens with zero attached hydrogens (tertiary/aromatic N) is 1. The van der Waals surface area contributed by atoms with Crippen LogP contribution in [0, 0.1) is 0 Å². The van der Waals surface area contributed by atoms with E-state index in [1.807, 2.05) is 29.6 Å². The van der Waals surface area contributed by atoms with Crippen LogP contribution in [-0.4, -0.2) is 17.4 Å². The molecule has 19 heavy (non-hydrogen) atoms. The maximum atomic E-state index is 11.9. The van der Waals surface area contributed by atoms with Gasteiger partial charge in [-0.1, -0.05) is 35.0 Å². The van der Waals surface area contributed by atoms with Crippen LogP contribution < -0.4 is 5.32 Å². The van der Waals surface area contributed by atoms with Gasteiger partial charge in [0.2, 0.25) is 5.91 Å². The third-order valence-corrected chi connectivity index (χ3v) is 4.23. The molecule has 1 atom stereocenters. The summed E-state index contributed by atoms with van der Waals surface area (Å²) in [6, 6.07) is 7.80. The Labute approximate surface area is 125 Å². The summed E-state index contributed by atoms with van der Waals surface area (Å²) in [7, 11) is 0. The lowest BCUT2D eigenvalue weighted by atomic mass is 10.1. The van der Waals surface area contributed by atoms with Crippen molar-refractivity contribution in [3.05, 3.63) is 50.9 Å². The van der Waals surface area contributed by atoms with Crippen LogP contribution in [0.2, 0.25) is 0 Å². The molecule has 0 aliphatic rings. The van der Waals surface area contributed by atoms with Gasteiger partial charge >= 0.3 is 0 Å². The molecule has 1 N–H and O–H groups in total. The van der Waals surface area contributed by atoms with Gasteiger partial charge in [-0.2, -0.15) is 0 Å². The third-order valence-electron chi connectivity index (χ3n) is 2.73.